The summed E-state index contributed by atoms with van der Waals surface area (Å²) in [6.45, 7) is 2.69. The Labute approximate surface area is 173 Å². The fourth-order valence-corrected chi connectivity index (χ4v) is 3.51. The molecule has 1 unspecified atom stereocenters. The van der Waals surface area contributed by atoms with Gasteiger partial charge in [0.05, 0.1) is 0 Å². The number of nitrogens with zero attached hydrogens (tertiary/aromatic N) is 4. The number of halogens is 1. The normalized spacial score (nSPS) is 16.6. The summed E-state index contributed by atoms with van der Waals surface area (Å²) >= 11 is 0. The number of aromatic hydroxyl groups is 1. The van der Waals surface area contributed by atoms with Crippen molar-refractivity contribution in [2.45, 2.75) is 32.4 Å². The van der Waals surface area contributed by atoms with Crippen LogP contribution in [-0.4, -0.2) is 63.3 Å². The summed E-state index contributed by atoms with van der Waals surface area (Å²) in [5.74, 6) is -1.46. The van der Waals surface area contributed by atoms with Crippen LogP contribution in [0.5, 0.6) is 5.75 Å². The maximum atomic E-state index is 13.0. The lowest BCUT2D eigenvalue weighted by atomic mass is 10.1. The van der Waals surface area contributed by atoms with Gasteiger partial charge in [-0.2, -0.15) is 0 Å². The van der Waals surface area contributed by atoms with E-state index in [0.717, 1.165) is 5.56 Å². The number of Topliss-reactive ketones (excluding diaryl/α,β-unsaturated/α-hetero) is 1. The van der Waals surface area contributed by atoms with Crippen molar-refractivity contribution in [3.05, 3.63) is 57.5 Å². The highest BCUT2D eigenvalue weighted by Crippen LogP contribution is 2.24. The van der Waals surface area contributed by atoms with E-state index in [1.165, 1.54) is 28.5 Å². The van der Waals surface area contributed by atoms with Crippen LogP contribution in [0, 0.1) is 5.82 Å². The molecule has 1 aromatic heterocycles. The molecule has 30 heavy (non-hydrogen) atoms. The third-order valence-electron chi connectivity index (χ3n) is 5.45. The van der Waals surface area contributed by atoms with E-state index in [1.807, 2.05) is 11.9 Å². The molecule has 0 spiro atoms. The molecule has 160 valence electrons. The summed E-state index contributed by atoms with van der Waals surface area (Å²) in [4.78, 5) is 45.4. The highest BCUT2D eigenvalue weighted by molar-refractivity contribution is 5.96. The van der Waals surface area contributed by atoms with Crippen molar-refractivity contribution >= 4 is 11.7 Å². The second kappa shape index (κ2) is 8.74. The van der Waals surface area contributed by atoms with Crippen molar-refractivity contribution in [2.75, 3.05) is 27.2 Å². The minimum atomic E-state index is -0.692. The molecule has 0 saturated heterocycles. The van der Waals surface area contributed by atoms with Gasteiger partial charge in [0, 0.05) is 40.0 Å². The zero-order valence-electron chi connectivity index (χ0n) is 17.3. The van der Waals surface area contributed by atoms with Gasteiger partial charge in [0.2, 0.25) is 11.7 Å². The van der Waals surface area contributed by atoms with E-state index in [0.29, 0.717) is 19.5 Å². The first-order valence-electron chi connectivity index (χ1n) is 9.72. The molecular weight excluding hydrogens is 391 g/mol. The highest BCUT2D eigenvalue weighted by Gasteiger charge is 2.31. The Hall–Kier alpha value is -3.07. The molecule has 0 radical (unpaired) electrons. The zero-order valence-corrected chi connectivity index (χ0v) is 17.3. The van der Waals surface area contributed by atoms with E-state index in [2.05, 4.69) is 4.98 Å². The van der Waals surface area contributed by atoms with Gasteiger partial charge in [0.25, 0.3) is 5.56 Å². The van der Waals surface area contributed by atoms with E-state index in [1.54, 1.807) is 19.2 Å². The Bertz CT molecular complexity index is 1020. The summed E-state index contributed by atoms with van der Waals surface area (Å²) in [7, 11) is 3.48. The molecule has 2 heterocycles. The first-order chi connectivity index (χ1) is 14.2. The number of hydrogen-bond acceptors (Lipinski definition) is 6. The summed E-state index contributed by atoms with van der Waals surface area (Å²) in [6.07, 6.45) is 0.320. The molecule has 1 amide bonds. The summed E-state index contributed by atoms with van der Waals surface area (Å²) in [5, 5.41) is 10.4. The topological polar surface area (TPSA) is 95.7 Å². The zero-order chi connectivity index (χ0) is 22.0. The number of aromatic nitrogens is 2. The Morgan fingerprint density at radius 2 is 1.93 bits per heavy atom. The summed E-state index contributed by atoms with van der Waals surface area (Å²) in [6, 6.07) is 5.24. The summed E-state index contributed by atoms with van der Waals surface area (Å²) in [5.41, 5.74) is -0.228. The molecule has 0 bridgehead atoms. The lowest BCUT2D eigenvalue weighted by molar-refractivity contribution is -0.130. The number of fused-ring (bicyclic) bond motifs is 1. The SMILES string of the molecule is CC(=O)N(C)C1CN(C)CCn2c1nc(C(=O)CCc1ccc(F)cc1)c(O)c2=O. The lowest BCUT2D eigenvalue weighted by Crippen LogP contribution is -2.38. The molecule has 0 saturated carbocycles. The molecule has 1 N–H and O–H groups in total. The van der Waals surface area contributed by atoms with Crippen LogP contribution in [0.4, 0.5) is 4.39 Å². The Balaban J connectivity index is 1.96. The third kappa shape index (κ3) is 4.40. The average molecular weight is 416 g/mol. The molecule has 8 nitrogen and oxygen atoms in total. The number of benzene rings is 1. The standard InChI is InChI=1S/C21H25FN4O4/c1-13(27)25(3)16-12-24(2)10-11-26-20(16)23-18(19(29)21(26)30)17(28)9-6-14-4-7-15(22)8-5-14/h4-5,7-8,16,29H,6,9-12H2,1-3H3. The molecule has 3 rings (SSSR count). The van der Waals surface area contributed by atoms with Crippen LogP contribution in [-0.2, 0) is 17.8 Å². The molecule has 0 aliphatic carbocycles. The van der Waals surface area contributed by atoms with Crippen molar-refractivity contribution in [1.82, 2.24) is 19.4 Å². The Kier molecular flexibility index (Phi) is 6.31. The number of ketones is 1. The van der Waals surface area contributed by atoms with E-state index >= 15 is 0 Å². The number of hydrogen-bond donors (Lipinski definition) is 1. The van der Waals surface area contributed by atoms with Crippen LogP contribution in [0.25, 0.3) is 0 Å². The maximum Gasteiger partial charge on any atom is 0.296 e. The minimum Gasteiger partial charge on any atom is -0.501 e. The van der Waals surface area contributed by atoms with E-state index < -0.39 is 23.1 Å². The number of rotatable bonds is 5. The first-order valence-corrected chi connectivity index (χ1v) is 9.72. The van der Waals surface area contributed by atoms with Gasteiger partial charge >= 0.3 is 0 Å². The van der Waals surface area contributed by atoms with Crippen LogP contribution in [0.3, 0.4) is 0 Å². The molecule has 0 fully saturated rings. The predicted octanol–water partition coefficient (Wildman–Crippen LogP) is 1.37. The van der Waals surface area contributed by atoms with Crippen molar-refractivity contribution in [1.29, 1.82) is 0 Å². The average Bonchev–Trinajstić information content (AvgIpc) is 2.88. The van der Waals surface area contributed by atoms with E-state index in [-0.39, 0.29) is 36.2 Å². The van der Waals surface area contributed by atoms with Gasteiger partial charge in [-0.3, -0.25) is 19.0 Å². The summed E-state index contributed by atoms with van der Waals surface area (Å²) < 4.78 is 14.4. The number of carbonyl (C=O) groups is 2. The largest absolute Gasteiger partial charge is 0.501 e. The van der Waals surface area contributed by atoms with Crippen LogP contribution in [0.15, 0.2) is 29.1 Å². The molecule has 1 aromatic carbocycles. The van der Waals surface area contributed by atoms with Crippen LogP contribution < -0.4 is 5.56 Å². The fourth-order valence-electron chi connectivity index (χ4n) is 3.51. The van der Waals surface area contributed by atoms with Gasteiger partial charge in [-0.25, -0.2) is 9.37 Å². The van der Waals surface area contributed by atoms with Gasteiger partial charge in [0.1, 0.15) is 17.7 Å². The molecule has 2 aromatic rings. The Morgan fingerprint density at radius 1 is 1.27 bits per heavy atom. The van der Waals surface area contributed by atoms with Crippen molar-refractivity contribution in [3.8, 4) is 5.75 Å². The van der Waals surface area contributed by atoms with Gasteiger partial charge in [-0.1, -0.05) is 12.1 Å². The number of aryl methyl sites for hydroxylation is 1. The monoisotopic (exact) mass is 416 g/mol. The predicted molar refractivity (Wildman–Crippen MR) is 108 cm³/mol. The van der Waals surface area contributed by atoms with Crippen molar-refractivity contribution in [3.63, 3.8) is 0 Å². The number of amides is 1. The first kappa shape index (κ1) is 21.6. The van der Waals surface area contributed by atoms with Crippen molar-refractivity contribution in [2.24, 2.45) is 0 Å². The van der Waals surface area contributed by atoms with Gasteiger partial charge in [-0.05, 0) is 31.2 Å². The molecule has 9 heteroatoms. The van der Waals surface area contributed by atoms with Crippen LogP contribution in [0.1, 0.15) is 41.3 Å². The highest BCUT2D eigenvalue weighted by atomic mass is 19.1. The quantitative estimate of drug-likeness (QED) is 0.740. The smallest absolute Gasteiger partial charge is 0.296 e. The Morgan fingerprint density at radius 3 is 2.57 bits per heavy atom. The van der Waals surface area contributed by atoms with Crippen LogP contribution >= 0.6 is 0 Å². The third-order valence-corrected chi connectivity index (χ3v) is 5.45. The fraction of sp³-hybridized carbons (Fsp3) is 0.429. The van der Waals surface area contributed by atoms with Gasteiger partial charge in [-0.15, -0.1) is 0 Å². The second-order valence-electron chi connectivity index (χ2n) is 7.58. The lowest BCUT2D eigenvalue weighted by Gasteiger charge is -2.29. The number of likely N-dealkylation sites (N-methyl/N-ethyl adjacent to an activating group) is 2. The molecule has 1 atom stereocenters. The van der Waals surface area contributed by atoms with Gasteiger partial charge < -0.3 is 14.9 Å². The van der Waals surface area contributed by atoms with E-state index in [9.17, 15) is 23.9 Å². The van der Waals surface area contributed by atoms with Crippen molar-refractivity contribution < 1.29 is 19.1 Å². The second-order valence-corrected chi connectivity index (χ2v) is 7.58. The molecular formula is C21H25FN4O4. The molecule has 1 aliphatic heterocycles. The van der Waals surface area contributed by atoms with E-state index in [4.69, 9.17) is 0 Å². The minimum absolute atomic E-state index is 0.00219. The van der Waals surface area contributed by atoms with Gasteiger partial charge in [0.15, 0.2) is 11.5 Å². The van der Waals surface area contributed by atoms with Crippen LogP contribution in [0.2, 0.25) is 0 Å². The maximum absolute atomic E-state index is 13.0. The number of carbonyl (C=O) groups excluding carboxylic acids is 2. The molecule has 1 aliphatic rings.